The second-order valence-corrected chi connectivity index (χ2v) is 6.57. The van der Waals surface area contributed by atoms with Crippen molar-refractivity contribution >= 4 is 42.1 Å². The van der Waals surface area contributed by atoms with Crippen molar-refractivity contribution in [1.29, 1.82) is 0 Å². The van der Waals surface area contributed by atoms with E-state index in [9.17, 15) is 4.79 Å². The quantitative estimate of drug-likeness (QED) is 0.436. The average Bonchev–Trinajstić information content (AvgIpc) is 3.08. The third-order valence-electron chi connectivity index (χ3n) is 4.34. The number of carbonyl (C=O) groups is 1. The van der Waals surface area contributed by atoms with E-state index in [1.807, 2.05) is 57.6 Å². The number of hydrogen-bond donors (Lipinski definition) is 1. The second kappa shape index (κ2) is 7.03. The van der Waals surface area contributed by atoms with Gasteiger partial charge in [0.1, 0.15) is 14.1 Å². The van der Waals surface area contributed by atoms with Crippen molar-refractivity contribution in [2.75, 3.05) is 5.32 Å². The number of fused-ring (bicyclic) bond motifs is 1. The third kappa shape index (κ3) is 3.72. The Morgan fingerprint density at radius 3 is 2.81 bits per heavy atom. The van der Waals surface area contributed by atoms with Gasteiger partial charge in [-0.05, 0) is 29.3 Å². The van der Waals surface area contributed by atoms with Gasteiger partial charge in [-0.25, -0.2) is 9.97 Å². The number of benzene rings is 2. The van der Waals surface area contributed by atoms with Gasteiger partial charge in [-0.1, -0.05) is 23.7 Å². The molecule has 0 atom stereocenters. The number of nitrogens with zero attached hydrogens (tertiary/aromatic N) is 4. The van der Waals surface area contributed by atoms with Gasteiger partial charge in [0.05, 0.1) is 11.7 Å². The average molecular weight is 355 g/mol. The zero-order valence-corrected chi connectivity index (χ0v) is 15.2. The molecular formula is C20H18BN5O. The number of aryl methyl sites for hydroxylation is 1. The number of aldehydes is 1. The van der Waals surface area contributed by atoms with Crippen LogP contribution in [0.2, 0.25) is 0 Å². The van der Waals surface area contributed by atoms with E-state index in [2.05, 4.69) is 26.4 Å². The van der Waals surface area contributed by atoms with Gasteiger partial charge < -0.3 is 10.1 Å². The highest BCUT2D eigenvalue weighted by molar-refractivity contribution is 6.33. The minimum absolute atomic E-state index is 0.348. The van der Waals surface area contributed by atoms with E-state index in [4.69, 9.17) is 0 Å². The molecule has 0 bridgehead atoms. The largest absolute Gasteiger partial charge is 0.324 e. The van der Waals surface area contributed by atoms with Crippen molar-refractivity contribution in [3.8, 4) is 11.1 Å². The summed E-state index contributed by atoms with van der Waals surface area (Å²) in [6.07, 6.45) is 6.81. The van der Waals surface area contributed by atoms with E-state index < -0.39 is 0 Å². The monoisotopic (exact) mass is 355 g/mol. The molecule has 2 aromatic heterocycles. The summed E-state index contributed by atoms with van der Waals surface area (Å²) in [4.78, 5) is 20.0. The van der Waals surface area contributed by atoms with Crippen LogP contribution >= 0.6 is 0 Å². The van der Waals surface area contributed by atoms with Crippen molar-refractivity contribution in [2.45, 2.75) is 6.42 Å². The van der Waals surface area contributed by atoms with Crippen LogP contribution in [0.15, 0.2) is 55.0 Å². The summed E-state index contributed by atoms with van der Waals surface area (Å²) in [5.74, 6) is 0.520. The molecule has 0 saturated carbocycles. The molecule has 0 aliphatic rings. The first-order valence-corrected chi connectivity index (χ1v) is 8.68. The first kappa shape index (κ1) is 17.0. The fourth-order valence-electron chi connectivity index (χ4n) is 3.06. The Morgan fingerprint density at radius 2 is 2.04 bits per heavy atom. The van der Waals surface area contributed by atoms with E-state index in [1.54, 1.807) is 10.9 Å². The van der Waals surface area contributed by atoms with E-state index in [0.717, 1.165) is 39.6 Å². The topological polar surface area (TPSA) is 72.7 Å². The number of anilines is 2. The number of carbonyl (C=O) groups excluding carboxylic acids is 1. The number of rotatable bonds is 5. The molecule has 7 heteroatoms. The van der Waals surface area contributed by atoms with Crippen LogP contribution in [-0.4, -0.2) is 33.9 Å². The molecule has 0 aliphatic heterocycles. The zero-order valence-electron chi connectivity index (χ0n) is 15.2. The molecule has 0 fully saturated rings. The summed E-state index contributed by atoms with van der Waals surface area (Å²) in [6.45, 7) is 0. The summed E-state index contributed by atoms with van der Waals surface area (Å²) >= 11 is 0. The summed E-state index contributed by atoms with van der Waals surface area (Å²) in [6, 6.07) is 12.0. The molecule has 4 rings (SSSR count). The molecule has 2 aromatic carbocycles. The first-order chi connectivity index (χ1) is 13.1. The molecule has 0 saturated heterocycles. The van der Waals surface area contributed by atoms with Crippen molar-refractivity contribution in [3.05, 3.63) is 60.6 Å². The molecule has 4 aromatic rings. The van der Waals surface area contributed by atoms with Crippen LogP contribution in [-0.2, 0) is 18.3 Å². The van der Waals surface area contributed by atoms with Crippen LogP contribution in [0.25, 0.3) is 22.0 Å². The van der Waals surface area contributed by atoms with Crippen molar-refractivity contribution in [2.24, 2.45) is 7.05 Å². The standard InChI is InChI=1S/C20H18BN5O/c1-26-12-16(11-23-26)14-6-13(4-5-27)7-18(9-14)24-20-22-10-15-8-17(21)2-3-19(15)25-20/h2-3,5-12H,4,21H2,1H3,(H,22,24,25). The highest BCUT2D eigenvalue weighted by Gasteiger charge is 2.07. The van der Waals surface area contributed by atoms with Gasteiger partial charge in [-0.2, -0.15) is 5.10 Å². The molecule has 1 N–H and O–H groups in total. The van der Waals surface area contributed by atoms with Gasteiger partial charge in [0.2, 0.25) is 5.95 Å². The molecule has 0 aliphatic carbocycles. The second-order valence-electron chi connectivity index (χ2n) is 6.57. The fraction of sp³-hybridized carbons (Fsp3) is 0.100. The lowest BCUT2D eigenvalue weighted by Crippen LogP contribution is -2.03. The Bertz CT molecular complexity index is 1140. The molecular weight excluding hydrogens is 337 g/mol. The Hall–Kier alpha value is -3.48. The van der Waals surface area contributed by atoms with Gasteiger partial charge in [0, 0.05) is 42.5 Å². The Morgan fingerprint density at radius 1 is 1.15 bits per heavy atom. The minimum atomic E-state index is 0.348. The molecule has 0 amide bonds. The minimum Gasteiger partial charge on any atom is -0.324 e. The number of nitrogens with one attached hydrogen (secondary N) is 1. The van der Waals surface area contributed by atoms with E-state index in [0.29, 0.717) is 12.4 Å². The van der Waals surface area contributed by atoms with Crippen LogP contribution in [0.3, 0.4) is 0 Å². The highest BCUT2D eigenvalue weighted by atomic mass is 16.1. The lowest BCUT2D eigenvalue weighted by Gasteiger charge is -2.10. The fourth-order valence-corrected chi connectivity index (χ4v) is 3.06. The smallest absolute Gasteiger partial charge is 0.227 e. The van der Waals surface area contributed by atoms with Gasteiger partial charge in [0.15, 0.2) is 0 Å². The predicted molar refractivity (Wildman–Crippen MR) is 109 cm³/mol. The molecule has 27 heavy (non-hydrogen) atoms. The van der Waals surface area contributed by atoms with Crippen LogP contribution in [0.4, 0.5) is 11.6 Å². The highest BCUT2D eigenvalue weighted by Crippen LogP contribution is 2.26. The Balaban J connectivity index is 1.71. The van der Waals surface area contributed by atoms with Crippen molar-refractivity contribution in [1.82, 2.24) is 19.7 Å². The van der Waals surface area contributed by atoms with Crippen LogP contribution in [0.5, 0.6) is 0 Å². The normalized spacial score (nSPS) is 10.9. The van der Waals surface area contributed by atoms with Gasteiger partial charge in [0.25, 0.3) is 0 Å². The van der Waals surface area contributed by atoms with Crippen LogP contribution in [0, 0.1) is 0 Å². The summed E-state index contributed by atoms with van der Waals surface area (Å²) in [5.41, 5.74) is 5.79. The van der Waals surface area contributed by atoms with E-state index in [-0.39, 0.29) is 0 Å². The lowest BCUT2D eigenvalue weighted by molar-refractivity contribution is -0.107. The van der Waals surface area contributed by atoms with Gasteiger partial charge in [-0.15, -0.1) is 0 Å². The predicted octanol–water partition coefficient (Wildman–Crippen LogP) is 1.77. The maximum absolute atomic E-state index is 11.0. The molecule has 0 unspecified atom stereocenters. The molecule has 0 spiro atoms. The summed E-state index contributed by atoms with van der Waals surface area (Å²) in [7, 11) is 3.92. The Labute approximate surface area is 157 Å². The summed E-state index contributed by atoms with van der Waals surface area (Å²) < 4.78 is 1.75. The molecule has 0 radical (unpaired) electrons. The summed E-state index contributed by atoms with van der Waals surface area (Å²) in [5, 5.41) is 8.49. The number of aromatic nitrogens is 4. The Kier molecular flexibility index (Phi) is 4.42. The first-order valence-electron chi connectivity index (χ1n) is 8.68. The molecule has 132 valence electrons. The molecule has 2 heterocycles. The van der Waals surface area contributed by atoms with E-state index >= 15 is 0 Å². The van der Waals surface area contributed by atoms with Crippen molar-refractivity contribution < 1.29 is 4.79 Å². The van der Waals surface area contributed by atoms with Gasteiger partial charge >= 0.3 is 0 Å². The van der Waals surface area contributed by atoms with Gasteiger partial charge in [-0.3, -0.25) is 4.68 Å². The third-order valence-corrected chi connectivity index (χ3v) is 4.34. The SMILES string of the molecule is Bc1ccc2nc(Nc3cc(CC=O)cc(-c4cnn(C)c4)c3)ncc2c1. The zero-order chi connectivity index (χ0) is 18.8. The van der Waals surface area contributed by atoms with E-state index in [1.165, 1.54) is 5.46 Å². The maximum atomic E-state index is 11.0. The van der Waals surface area contributed by atoms with Crippen LogP contribution < -0.4 is 10.8 Å². The maximum Gasteiger partial charge on any atom is 0.227 e. The van der Waals surface area contributed by atoms with Crippen molar-refractivity contribution in [3.63, 3.8) is 0 Å². The lowest BCUT2D eigenvalue weighted by atomic mass is 9.95. The number of hydrogen-bond acceptors (Lipinski definition) is 5. The van der Waals surface area contributed by atoms with Crippen LogP contribution in [0.1, 0.15) is 5.56 Å². The molecule has 6 nitrogen and oxygen atoms in total.